The van der Waals surface area contributed by atoms with E-state index in [4.69, 9.17) is 28.2 Å². The van der Waals surface area contributed by atoms with Crippen molar-refractivity contribution in [3.63, 3.8) is 0 Å². The van der Waals surface area contributed by atoms with E-state index in [1.165, 1.54) is 0 Å². The number of H-pyrrole nitrogens is 1. The minimum Gasteiger partial charge on any atom is -0.337 e. The van der Waals surface area contributed by atoms with Crippen molar-refractivity contribution in [2.45, 2.75) is 0 Å². The standard InChI is InChI=1S/C20H13Cl2N3/c21-16-10-15(11-17(22)12-16)19-18(13-6-8-23-9-7-13)24-20(25-19)14-4-2-1-3-5-14/h1-12H,(H,24,25). The van der Waals surface area contributed by atoms with Crippen LogP contribution in [0.15, 0.2) is 73.1 Å². The number of aromatic nitrogens is 3. The Balaban J connectivity index is 1.94. The minimum atomic E-state index is 0.576. The van der Waals surface area contributed by atoms with Crippen LogP contribution in [-0.2, 0) is 0 Å². The number of pyridine rings is 1. The van der Waals surface area contributed by atoms with Gasteiger partial charge in [0.15, 0.2) is 0 Å². The number of rotatable bonds is 3. The largest absolute Gasteiger partial charge is 0.337 e. The molecule has 3 nitrogen and oxygen atoms in total. The van der Waals surface area contributed by atoms with Crippen LogP contribution in [-0.4, -0.2) is 15.0 Å². The highest BCUT2D eigenvalue weighted by molar-refractivity contribution is 6.35. The Morgan fingerprint density at radius 2 is 1.40 bits per heavy atom. The molecule has 4 rings (SSSR count). The predicted octanol–water partition coefficient (Wildman–Crippen LogP) is 6.11. The Bertz CT molecular complexity index is 992. The number of nitrogens with one attached hydrogen (secondary N) is 1. The average Bonchev–Trinajstić information content (AvgIpc) is 3.08. The summed E-state index contributed by atoms with van der Waals surface area (Å²) in [5.41, 5.74) is 4.57. The normalized spacial score (nSPS) is 10.8. The maximum atomic E-state index is 6.19. The Labute approximate surface area is 155 Å². The van der Waals surface area contributed by atoms with E-state index in [0.717, 1.165) is 33.9 Å². The summed E-state index contributed by atoms with van der Waals surface area (Å²) < 4.78 is 0. The first-order valence-electron chi connectivity index (χ1n) is 7.73. The summed E-state index contributed by atoms with van der Waals surface area (Å²) in [5.74, 6) is 0.790. The van der Waals surface area contributed by atoms with E-state index in [9.17, 15) is 0 Å². The molecule has 0 unspecified atom stereocenters. The second kappa shape index (κ2) is 6.71. The van der Waals surface area contributed by atoms with Gasteiger partial charge < -0.3 is 4.98 Å². The summed E-state index contributed by atoms with van der Waals surface area (Å²) in [5, 5.41) is 1.15. The summed E-state index contributed by atoms with van der Waals surface area (Å²) in [6.07, 6.45) is 3.51. The Hall–Kier alpha value is -2.62. The second-order valence-corrected chi connectivity index (χ2v) is 6.44. The lowest BCUT2D eigenvalue weighted by molar-refractivity contribution is 1.30. The number of imidazole rings is 1. The van der Waals surface area contributed by atoms with Crippen LogP contribution in [0, 0.1) is 0 Å². The zero-order valence-corrected chi connectivity index (χ0v) is 14.6. The smallest absolute Gasteiger partial charge is 0.138 e. The van der Waals surface area contributed by atoms with E-state index in [0.29, 0.717) is 10.0 Å². The predicted molar refractivity (Wildman–Crippen MR) is 103 cm³/mol. The van der Waals surface area contributed by atoms with Gasteiger partial charge in [0.1, 0.15) is 5.82 Å². The third kappa shape index (κ3) is 3.29. The number of aromatic amines is 1. The van der Waals surface area contributed by atoms with Gasteiger partial charge in [0.25, 0.3) is 0 Å². The van der Waals surface area contributed by atoms with Crippen LogP contribution in [0.2, 0.25) is 10.0 Å². The molecule has 1 N–H and O–H groups in total. The van der Waals surface area contributed by atoms with Gasteiger partial charge >= 0.3 is 0 Å². The molecule has 0 spiro atoms. The molecule has 0 aliphatic carbocycles. The third-order valence-electron chi connectivity index (χ3n) is 3.86. The van der Waals surface area contributed by atoms with Crippen LogP contribution in [0.3, 0.4) is 0 Å². The van der Waals surface area contributed by atoms with Gasteiger partial charge in [-0.05, 0) is 30.3 Å². The quantitative estimate of drug-likeness (QED) is 0.475. The monoisotopic (exact) mass is 365 g/mol. The van der Waals surface area contributed by atoms with Gasteiger partial charge in [0, 0.05) is 39.1 Å². The molecular weight excluding hydrogens is 353 g/mol. The van der Waals surface area contributed by atoms with E-state index >= 15 is 0 Å². The fourth-order valence-corrected chi connectivity index (χ4v) is 3.26. The van der Waals surface area contributed by atoms with Gasteiger partial charge in [0.2, 0.25) is 0 Å². The molecule has 0 fully saturated rings. The van der Waals surface area contributed by atoms with Crippen molar-refractivity contribution in [2.75, 3.05) is 0 Å². The maximum absolute atomic E-state index is 6.19. The van der Waals surface area contributed by atoms with Crippen LogP contribution < -0.4 is 0 Å². The van der Waals surface area contributed by atoms with Crippen molar-refractivity contribution < 1.29 is 0 Å². The lowest BCUT2D eigenvalue weighted by atomic mass is 10.1. The van der Waals surface area contributed by atoms with Crippen molar-refractivity contribution in [2.24, 2.45) is 0 Å². The molecule has 0 bridgehead atoms. The highest BCUT2D eigenvalue weighted by atomic mass is 35.5. The van der Waals surface area contributed by atoms with Gasteiger partial charge in [-0.25, -0.2) is 4.98 Å². The fraction of sp³-hybridized carbons (Fsp3) is 0. The van der Waals surface area contributed by atoms with Crippen LogP contribution >= 0.6 is 23.2 Å². The highest BCUT2D eigenvalue weighted by Crippen LogP contribution is 2.35. The molecule has 0 saturated heterocycles. The van der Waals surface area contributed by atoms with Gasteiger partial charge in [-0.1, -0.05) is 53.5 Å². The van der Waals surface area contributed by atoms with Gasteiger partial charge in [-0.15, -0.1) is 0 Å². The van der Waals surface area contributed by atoms with Crippen molar-refractivity contribution in [1.82, 2.24) is 15.0 Å². The number of halogens is 2. The summed E-state index contributed by atoms with van der Waals surface area (Å²) >= 11 is 12.4. The first-order chi connectivity index (χ1) is 12.2. The number of hydrogen-bond acceptors (Lipinski definition) is 2. The number of nitrogens with zero attached hydrogens (tertiary/aromatic N) is 2. The molecule has 0 aliphatic heterocycles. The number of benzene rings is 2. The SMILES string of the molecule is Clc1cc(Cl)cc(-c2nc(-c3ccccc3)[nH]c2-c2ccncc2)c1. The van der Waals surface area contributed by atoms with Crippen LogP contribution in [0.4, 0.5) is 0 Å². The Morgan fingerprint density at radius 3 is 2.08 bits per heavy atom. The molecular formula is C20H13Cl2N3. The fourth-order valence-electron chi connectivity index (χ4n) is 2.73. The first kappa shape index (κ1) is 15.9. The van der Waals surface area contributed by atoms with Gasteiger partial charge in [-0.2, -0.15) is 0 Å². The molecule has 25 heavy (non-hydrogen) atoms. The molecule has 2 aromatic heterocycles. The van der Waals surface area contributed by atoms with Crippen molar-refractivity contribution in [1.29, 1.82) is 0 Å². The van der Waals surface area contributed by atoms with Crippen LogP contribution in [0.25, 0.3) is 33.9 Å². The third-order valence-corrected chi connectivity index (χ3v) is 4.29. The molecule has 4 aromatic rings. The van der Waals surface area contributed by atoms with Gasteiger partial charge in [0.05, 0.1) is 11.4 Å². The van der Waals surface area contributed by atoms with E-state index in [-0.39, 0.29) is 0 Å². The zero-order valence-electron chi connectivity index (χ0n) is 13.1. The molecule has 0 aliphatic rings. The highest BCUT2D eigenvalue weighted by Gasteiger charge is 2.16. The Morgan fingerprint density at radius 1 is 0.720 bits per heavy atom. The zero-order chi connectivity index (χ0) is 17.2. The average molecular weight is 366 g/mol. The molecule has 0 radical (unpaired) electrons. The molecule has 122 valence electrons. The molecule has 5 heteroatoms. The summed E-state index contributed by atoms with van der Waals surface area (Å²) in [6.45, 7) is 0. The topological polar surface area (TPSA) is 41.6 Å². The van der Waals surface area contributed by atoms with Crippen LogP contribution in [0.5, 0.6) is 0 Å². The number of hydrogen-bond donors (Lipinski definition) is 1. The summed E-state index contributed by atoms with van der Waals surface area (Å²) in [6, 6.07) is 19.3. The van der Waals surface area contributed by atoms with E-state index in [1.807, 2.05) is 54.6 Å². The minimum absolute atomic E-state index is 0.576. The summed E-state index contributed by atoms with van der Waals surface area (Å²) in [4.78, 5) is 12.3. The molecule has 0 amide bonds. The molecule has 2 aromatic carbocycles. The maximum Gasteiger partial charge on any atom is 0.138 e. The lowest BCUT2D eigenvalue weighted by Crippen LogP contribution is -1.85. The summed E-state index contributed by atoms with van der Waals surface area (Å²) in [7, 11) is 0. The van der Waals surface area contributed by atoms with Crippen LogP contribution in [0.1, 0.15) is 0 Å². The van der Waals surface area contributed by atoms with E-state index in [1.54, 1.807) is 18.5 Å². The molecule has 0 atom stereocenters. The molecule has 0 saturated carbocycles. The van der Waals surface area contributed by atoms with E-state index < -0.39 is 0 Å². The van der Waals surface area contributed by atoms with E-state index in [2.05, 4.69) is 9.97 Å². The molecule has 2 heterocycles. The first-order valence-corrected chi connectivity index (χ1v) is 8.48. The second-order valence-electron chi connectivity index (χ2n) is 5.57. The van der Waals surface area contributed by atoms with Crippen molar-refractivity contribution >= 4 is 23.2 Å². The lowest BCUT2D eigenvalue weighted by Gasteiger charge is -2.04. The van der Waals surface area contributed by atoms with Crippen molar-refractivity contribution in [3.05, 3.63) is 83.1 Å². The Kier molecular flexibility index (Phi) is 4.26. The van der Waals surface area contributed by atoms with Gasteiger partial charge in [-0.3, -0.25) is 4.98 Å². The van der Waals surface area contributed by atoms with Crippen molar-refractivity contribution in [3.8, 4) is 33.9 Å².